The second-order valence-corrected chi connectivity index (χ2v) is 8.31. The van der Waals surface area contributed by atoms with E-state index in [1.807, 2.05) is 0 Å². The highest BCUT2D eigenvalue weighted by molar-refractivity contribution is 7.13. The molecule has 0 aromatic carbocycles. The first-order valence-electron chi connectivity index (χ1n) is 8.04. The molecule has 1 aromatic rings. The molecule has 1 unspecified atom stereocenters. The van der Waals surface area contributed by atoms with Crippen molar-refractivity contribution in [2.24, 2.45) is 0 Å². The molecular formula is C17H28N2OS. The van der Waals surface area contributed by atoms with Gasteiger partial charge in [-0.15, -0.1) is 11.3 Å². The first-order chi connectivity index (χ1) is 9.79. The molecule has 1 saturated heterocycles. The molecule has 2 heterocycles. The molecule has 1 aliphatic heterocycles. The zero-order valence-corrected chi connectivity index (χ0v) is 14.8. The van der Waals surface area contributed by atoms with Crippen LogP contribution in [0.4, 0.5) is 0 Å². The SMILES string of the molecule is CC(=O)c1sc(CCN2CCCCC2C)nc1C(C)(C)C. The van der Waals surface area contributed by atoms with Crippen molar-refractivity contribution in [1.82, 2.24) is 9.88 Å². The van der Waals surface area contributed by atoms with Gasteiger partial charge in [-0.25, -0.2) is 4.98 Å². The van der Waals surface area contributed by atoms with Gasteiger partial charge in [0.05, 0.1) is 15.6 Å². The third-order valence-corrected chi connectivity index (χ3v) is 5.47. The third-order valence-electron chi connectivity index (χ3n) is 4.26. The Balaban J connectivity index is 2.08. The van der Waals surface area contributed by atoms with Crippen LogP contribution in [-0.4, -0.2) is 34.8 Å². The standard InChI is InChI=1S/C17H28N2OS/c1-12-8-6-7-10-19(12)11-9-14-18-16(17(3,4)5)15(21-14)13(2)20/h12H,6-11H2,1-5H3. The van der Waals surface area contributed by atoms with Gasteiger partial charge in [-0.3, -0.25) is 4.79 Å². The van der Waals surface area contributed by atoms with E-state index >= 15 is 0 Å². The first kappa shape index (κ1) is 16.6. The molecule has 1 fully saturated rings. The van der Waals surface area contributed by atoms with Crippen LogP contribution in [0.5, 0.6) is 0 Å². The number of aromatic nitrogens is 1. The van der Waals surface area contributed by atoms with Gasteiger partial charge in [0.25, 0.3) is 0 Å². The summed E-state index contributed by atoms with van der Waals surface area (Å²) in [7, 11) is 0. The van der Waals surface area contributed by atoms with Crippen molar-refractivity contribution in [3.05, 3.63) is 15.6 Å². The summed E-state index contributed by atoms with van der Waals surface area (Å²) in [5.74, 6) is 0.148. The summed E-state index contributed by atoms with van der Waals surface area (Å²) in [5.41, 5.74) is 0.912. The van der Waals surface area contributed by atoms with Gasteiger partial charge < -0.3 is 4.90 Å². The Kier molecular flexibility index (Phi) is 5.20. The number of thiazole rings is 1. The monoisotopic (exact) mass is 308 g/mol. The van der Waals surface area contributed by atoms with Crippen molar-refractivity contribution in [2.45, 2.75) is 71.8 Å². The highest BCUT2D eigenvalue weighted by Gasteiger charge is 2.26. The molecule has 3 nitrogen and oxygen atoms in total. The van der Waals surface area contributed by atoms with Crippen LogP contribution in [0.1, 0.15) is 74.3 Å². The summed E-state index contributed by atoms with van der Waals surface area (Å²) in [5, 5.41) is 1.11. The van der Waals surface area contributed by atoms with Crippen molar-refractivity contribution < 1.29 is 4.79 Å². The molecule has 0 N–H and O–H groups in total. The van der Waals surface area contributed by atoms with E-state index < -0.39 is 0 Å². The molecule has 118 valence electrons. The normalized spacial score (nSPS) is 20.7. The number of carbonyl (C=O) groups is 1. The average molecular weight is 308 g/mol. The Hall–Kier alpha value is -0.740. The van der Waals surface area contributed by atoms with Gasteiger partial charge >= 0.3 is 0 Å². The maximum absolute atomic E-state index is 11.8. The van der Waals surface area contributed by atoms with E-state index in [2.05, 4.69) is 32.6 Å². The number of Topliss-reactive ketones (excluding diaryl/α,β-unsaturated/α-hetero) is 1. The second-order valence-electron chi connectivity index (χ2n) is 7.22. The second kappa shape index (κ2) is 6.57. The predicted molar refractivity (Wildman–Crippen MR) is 89.4 cm³/mol. The fourth-order valence-corrected chi connectivity index (χ4v) is 4.11. The van der Waals surface area contributed by atoms with Crippen molar-refractivity contribution in [2.75, 3.05) is 13.1 Å². The Morgan fingerprint density at radius 3 is 2.62 bits per heavy atom. The number of rotatable bonds is 4. The molecule has 21 heavy (non-hydrogen) atoms. The van der Waals surface area contributed by atoms with Gasteiger partial charge in [-0.05, 0) is 26.3 Å². The molecular weight excluding hydrogens is 280 g/mol. The van der Waals surface area contributed by atoms with Crippen LogP contribution >= 0.6 is 11.3 Å². The van der Waals surface area contributed by atoms with E-state index in [0.29, 0.717) is 6.04 Å². The number of carbonyl (C=O) groups excluding carboxylic acids is 1. The topological polar surface area (TPSA) is 33.2 Å². The van der Waals surface area contributed by atoms with Gasteiger partial charge in [-0.1, -0.05) is 27.2 Å². The Morgan fingerprint density at radius 2 is 2.10 bits per heavy atom. The number of piperidine rings is 1. The molecule has 0 amide bonds. The van der Waals surface area contributed by atoms with Crippen LogP contribution in [-0.2, 0) is 11.8 Å². The minimum atomic E-state index is -0.0613. The molecule has 0 aliphatic carbocycles. The van der Waals surface area contributed by atoms with Crippen LogP contribution in [0.2, 0.25) is 0 Å². The van der Waals surface area contributed by atoms with Crippen LogP contribution in [0, 0.1) is 0 Å². The van der Waals surface area contributed by atoms with Crippen LogP contribution < -0.4 is 0 Å². The van der Waals surface area contributed by atoms with Gasteiger partial charge in [0.1, 0.15) is 0 Å². The largest absolute Gasteiger partial charge is 0.300 e. The van der Waals surface area contributed by atoms with E-state index in [1.165, 1.54) is 25.8 Å². The number of likely N-dealkylation sites (tertiary alicyclic amines) is 1. The minimum Gasteiger partial charge on any atom is -0.300 e. The molecule has 0 saturated carbocycles. The van der Waals surface area contributed by atoms with E-state index in [-0.39, 0.29) is 11.2 Å². The number of hydrogen-bond acceptors (Lipinski definition) is 4. The highest BCUT2D eigenvalue weighted by atomic mass is 32.1. The average Bonchev–Trinajstić information content (AvgIpc) is 2.82. The molecule has 1 aromatic heterocycles. The fraction of sp³-hybridized carbons (Fsp3) is 0.765. The quantitative estimate of drug-likeness (QED) is 0.786. The summed E-state index contributed by atoms with van der Waals surface area (Å²) in [6.45, 7) is 12.6. The Bertz CT molecular complexity index is 501. The fourth-order valence-electron chi connectivity index (χ4n) is 2.95. The predicted octanol–water partition coefficient (Wildman–Crippen LogP) is 4.06. The lowest BCUT2D eigenvalue weighted by Crippen LogP contribution is -2.38. The van der Waals surface area contributed by atoms with Crippen molar-refractivity contribution in [3.8, 4) is 0 Å². The zero-order valence-electron chi connectivity index (χ0n) is 14.0. The number of ketones is 1. The van der Waals surface area contributed by atoms with Crippen LogP contribution in [0.25, 0.3) is 0 Å². The molecule has 1 aliphatic rings. The lowest BCUT2D eigenvalue weighted by Gasteiger charge is -2.33. The molecule has 2 rings (SSSR count). The summed E-state index contributed by atoms with van der Waals surface area (Å²) in [6.07, 6.45) is 4.95. The van der Waals surface area contributed by atoms with Crippen molar-refractivity contribution in [1.29, 1.82) is 0 Å². The zero-order chi connectivity index (χ0) is 15.6. The summed E-state index contributed by atoms with van der Waals surface area (Å²) < 4.78 is 0. The lowest BCUT2D eigenvalue weighted by molar-refractivity contribution is 0.101. The molecule has 0 spiro atoms. The first-order valence-corrected chi connectivity index (χ1v) is 8.86. The highest BCUT2D eigenvalue weighted by Crippen LogP contribution is 2.30. The van der Waals surface area contributed by atoms with E-state index in [4.69, 9.17) is 4.98 Å². The molecule has 0 radical (unpaired) electrons. The van der Waals surface area contributed by atoms with Crippen molar-refractivity contribution >= 4 is 17.1 Å². The smallest absolute Gasteiger partial charge is 0.171 e. The molecule has 1 atom stereocenters. The third kappa shape index (κ3) is 4.13. The maximum atomic E-state index is 11.8. The van der Waals surface area contributed by atoms with E-state index in [1.54, 1.807) is 18.3 Å². The Labute approximate surface area is 132 Å². The van der Waals surface area contributed by atoms with Crippen molar-refractivity contribution in [3.63, 3.8) is 0 Å². The van der Waals surface area contributed by atoms with Gasteiger partial charge in [0.15, 0.2) is 5.78 Å². The van der Waals surface area contributed by atoms with Crippen LogP contribution in [0.3, 0.4) is 0 Å². The number of nitrogens with zero attached hydrogens (tertiary/aromatic N) is 2. The summed E-state index contributed by atoms with van der Waals surface area (Å²) >= 11 is 1.60. The van der Waals surface area contributed by atoms with Gasteiger partial charge in [0.2, 0.25) is 0 Å². The molecule has 4 heteroatoms. The van der Waals surface area contributed by atoms with Crippen LogP contribution in [0.15, 0.2) is 0 Å². The Morgan fingerprint density at radius 1 is 1.38 bits per heavy atom. The summed E-state index contributed by atoms with van der Waals surface area (Å²) in [4.78, 5) is 20.0. The maximum Gasteiger partial charge on any atom is 0.171 e. The minimum absolute atomic E-state index is 0.0613. The van der Waals surface area contributed by atoms with Gasteiger partial charge in [-0.2, -0.15) is 0 Å². The van der Waals surface area contributed by atoms with E-state index in [9.17, 15) is 4.79 Å². The number of hydrogen-bond donors (Lipinski definition) is 0. The van der Waals surface area contributed by atoms with E-state index in [0.717, 1.165) is 28.5 Å². The summed E-state index contributed by atoms with van der Waals surface area (Å²) in [6, 6.07) is 0.688. The molecule has 0 bridgehead atoms. The lowest BCUT2D eigenvalue weighted by atomic mass is 9.91. The van der Waals surface area contributed by atoms with Gasteiger partial charge in [0, 0.05) is 31.3 Å².